The molecule has 20 heavy (non-hydrogen) atoms. The van der Waals surface area contributed by atoms with Crippen LogP contribution in [0.25, 0.3) is 0 Å². The molecule has 0 fully saturated rings. The Hall–Kier alpha value is -1.51. The highest BCUT2D eigenvalue weighted by Crippen LogP contribution is 2.21. The molecule has 1 N–H and O–H groups in total. The van der Waals surface area contributed by atoms with E-state index in [4.69, 9.17) is 5.11 Å². The summed E-state index contributed by atoms with van der Waals surface area (Å²) in [4.78, 5) is 13.0. The molecule has 0 saturated heterocycles. The van der Waals surface area contributed by atoms with Crippen molar-refractivity contribution in [2.45, 2.75) is 52.4 Å². The molecule has 0 aliphatic carbocycles. The lowest BCUT2D eigenvalue weighted by atomic mass is 10.0. The van der Waals surface area contributed by atoms with Gasteiger partial charge in [-0.1, -0.05) is 45.7 Å². The van der Waals surface area contributed by atoms with Gasteiger partial charge in [0.05, 0.1) is 6.42 Å². The van der Waals surface area contributed by atoms with Crippen LogP contribution in [0.5, 0.6) is 0 Å². The SMILES string of the molecule is CCCCCN(CCC(=O)O)c1ccc(C(C)C)cc1. The Balaban J connectivity index is 2.71. The Bertz CT molecular complexity index is 398. The van der Waals surface area contributed by atoms with E-state index in [1.807, 2.05) is 0 Å². The van der Waals surface area contributed by atoms with Crippen molar-refractivity contribution in [2.24, 2.45) is 0 Å². The third kappa shape index (κ3) is 5.64. The van der Waals surface area contributed by atoms with Crippen LogP contribution in [0.15, 0.2) is 24.3 Å². The average Bonchev–Trinajstić information content (AvgIpc) is 2.42. The van der Waals surface area contributed by atoms with Gasteiger partial charge in [-0.3, -0.25) is 4.79 Å². The van der Waals surface area contributed by atoms with Crippen LogP contribution in [0.2, 0.25) is 0 Å². The van der Waals surface area contributed by atoms with Crippen LogP contribution >= 0.6 is 0 Å². The van der Waals surface area contributed by atoms with E-state index in [1.165, 1.54) is 18.4 Å². The molecule has 3 heteroatoms. The van der Waals surface area contributed by atoms with E-state index in [2.05, 4.69) is 49.9 Å². The molecule has 0 radical (unpaired) electrons. The van der Waals surface area contributed by atoms with Crippen molar-refractivity contribution in [2.75, 3.05) is 18.0 Å². The predicted octanol–water partition coefficient (Wildman–Crippen LogP) is 4.28. The van der Waals surface area contributed by atoms with Gasteiger partial charge in [0.25, 0.3) is 0 Å². The Morgan fingerprint density at radius 2 is 1.80 bits per heavy atom. The lowest BCUT2D eigenvalue weighted by Gasteiger charge is -2.24. The fourth-order valence-corrected chi connectivity index (χ4v) is 2.22. The smallest absolute Gasteiger partial charge is 0.305 e. The van der Waals surface area contributed by atoms with Crippen molar-refractivity contribution in [3.05, 3.63) is 29.8 Å². The summed E-state index contributed by atoms with van der Waals surface area (Å²) in [6, 6.07) is 8.52. The summed E-state index contributed by atoms with van der Waals surface area (Å²) in [5.74, 6) is -0.207. The zero-order valence-electron chi connectivity index (χ0n) is 12.9. The highest BCUT2D eigenvalue weighted by molar-refractivity contribution is 5.67. The highest BCUT2D eigenvalue weighted by Gasteiger charge is 2.09. The van der Waals surface area contributed by atoms with E-state index in [0.717, 1.165) is 18.7 Å². The molecule has 1 rings (SSSR count). The van der Waals surface area contributed by atoms with Crippen molar-refractivity contribution in [1.29, 1.82) is 0 Å². The van der Waals surface area contributed by atoms with E-state index in [1.54, 1.807) is 0 Å². The molecule has 0 amide bonds. The Labute approximate surface area is 122 Å². The molecule has 0 heterocycles. The summed E-state index contributed by atoms with van der Waals surface area (Å²) in [6.07, 6.45) is 3.67. The van der Waals surface area contributed by atoms with Crippen molar-refractivity contribution < 1.29 is 9.90 Å². The number of aliphatic carboxylic acids is 1. The van der Waals surface area contributed by atoms with Gasteiger partial charge in [-0.2, -0.15) is 0 Å². The minimum Gasteiger partial charge on any atom is -0.481 e. The van der Waals surface area contributed by atoms with Crippen LogP contribution in [0.3, 0.4) is 0 Å². The fourth-order valence-electron chi connectivity index (χ4n) is 2.22. The van der Waals surface area contributed by atoms with E-state index in [-0.39, 0.29) is 6.42 Å². The Morgan fingerprint density at radius 1 is 1.15 bits per heavy atom. The van der Waals surface area contributed by atoms with Gasteiger partial charge < -0.3 is 10.0 Å². The zero-order valence-corrected chi connectivity index (χ0v) is 12.9. The van der Waals surface area contributed by atoms with Crippen LogP contribution in [-0.4, -0.2) is 24.2 Å². The molecule has 3 nitrogen and oxygen atoms in total. The zero-order chi connectivity index (χ0) is 15.0. The molecule has 0 aliphatic rings. The number of carbonyl (C=O) groups is 1. The molecule has 0 unspecified atom stereocenters. The molecule has 0 spiro atoms. The van der Waals surface area contributed by atoms with E-state index in [0.29, 0.717) is 12.5 Å². The maximum absolute atomic E-state index is 10.8. The molecule has 1 aromatic carbocycles. The second kappa shape index (κ2) is 8.62. The van der Waals surface area contributed by atoms with Crippen LogP contribution in [0.1, 0.15) is 57.9 Å². The van der Waals surface area contributed by atoms with Gasteiger partial charge in [-0.05, 0) is 30.0 Å². The van der Waals surface area contributed by atoms with Crippen molar-refractivity contribution >= 4 is 11.7 Å². The normalized spacial score (nSPS) is 10.8. The maximum Gasteiger partial charge on any atom is 0.305 e. The van der Waals surface area contributed by atoms with Crippen molar-refractivity contribution in [3.8, 4) is 0 Å². The summed E-state index contributed by atoms with van der Waals surface area (Å²) < 4.78 is 0. The quantitative estimate of drug-likeness (QED) is 0.685. The topological polar surface area (TPSA) is 40.5 Å². The third-order valence-corrected chi connectivity index (χ3v) is 3.55. The van der Waals surface area contributed by atoms with Gasteiger partial charge >= 0.3 is 5.97 Å². The highest BCUT2D eigenvalue weighted by atomic mass is 16.4. The number of benzene rings is 1. The number of hydrogen-bond donors (Lipinski definition) is 1. The van der Waals surface area contributed by atoms with Gasteiger partial charge in [-0.25, -0.2) is 0 Å². The molecule has 0 saturated carbocycles. The molecule has 0 atom stereocenters. The number of anilines is 1. The van der Waals surface area contributed by atoms with E-state index >= 15 is 0 Å². The van der Waals surface area contributed by atoms with Gasteiger partial charge in [0.1, 0.15) is 0 Å². The summed E-state index contributed by atoms with van der Waals surface area (Å²) in [7, 11) is 0. The fraction of sp³-hybridized carbons (Fsp3) is 0.588. The van der Waals surface area contributed by atoms with Gasteiger partial charge in [-0.15, -0.1) is 0 Å². The van der Waals surface area contributed by atoms with E-state index < -0.39 is 5.97 Å². The molecule has 112 valence electrons. The molecule has 1 aromatic rings. The second-order valence-corrected chi connectivity index (χ2v) is 5.58. The van der Waals surface area contributed by atoms with Gasteiger partial charge in [0.2, 0.25) is 0 Å². The van der Waals surface area contributed by atoms with Crippen LogP contribution in [0, 0.1) is 0 Å². The first-order valence-electron chi connectivity index (χ1n) is 7.61. The second-order valence-electron chi connectivity index (χ2n) is 5.58. The number of carboxylic acid groups (broad SMARTS) is 1. The first kappa shape index (κ1) is 16.5. The lowest BCUT2D eigenvalue weighted by Crippen LogP contribution is -2.27. The Kier molecular flexibility index (Phi) is 7.13. The largest absolute Gasteiger partial charge is 0.481 e. The molecule has 0 aromatic heterocycles. The van der Waals surface area contributed by atoms with Crippen LogP contribution in [-0.2, 0) is 4.79 Å². The number of carboxylic acids is 1. The van der Waals surface area contributed by atoms with Gasteiger partial charge in [0, 0.05) is 18.8 Å². The monoisotopic (exact) mass is 277 g/mol. The number of unbranched alkanes of at least 4 members (excludes halogenated alkanes) is 2. The number of hydrogen-bond acceptors (Lipinski definition) is 2. The van der Waals surface area contributed by atoms with Crippen LogP contribution in [0.4, 0.5) is 5.69 Å². The maximum atomic E-state index is 10.8. The number of nitrogens with zero attached hydrogens (tertiary/aromatic N) is 1. The first-order chi connectivity index (χ1) is 9.54. The molecular formula is C17H27NO2. The standard InChI is InChI=1S/C17H27NO2/c1-4-5-6-12-18(13-11-17(19)20)16-9-7-15(8-10-16)14(2)3/h7-10,14H,4-6,11-13H2,1-3H3,(H,19,20). The summed E-state index contributed by atoms with van der Waals surface area (Å²) in [6.45, 7) is 8.05. The average molecular weight is 277 g/mol. The summed E-state index contributed by atoms with van der Waals surface area (Å²) in [5.41, 5.74) is 2.45. The molecule has 0 bridgehead atoms. The van der Waals surface area contributed by atoms with Crippen LogP contribution < -0.4 is 4.90 Å². The van der Waals surface area contributed by atoms with Gasteiger partial charge in [0.15, 0.2) is 0 Å². The summed E-state index contributed by atoms with van der Waals surface area (Å²) >= 11 is 0. The number of rotatable bonds is 9. The molecular weight excluding hydrogens is 250 g/mol. The minimum atomic E-state index is -0.732. The Morgan fingerprint density at radius 3 is 2.30 bits per heavy atom. The minimum absolute atomic E-state index is 0.193. The van der Waals surface area contributed by atoms with Crippen molar-refractivity contribution in [1.82, 2.24) is 0 Å². The predicted molar refractivity (Wildman–Crippen MR) is 84.5 cm³/mol. The molecule has 0 aliphatic heterocycles. The third-order valence-electron chi connectivity index (χ3n) is 3.55. The lowest BCUT2D eigenvalue weighted by molar-refractivity contribution is -0.136. The first-order valence-corrected chi connectivity index (χ1v) is 7.61. The van der Waals surface area contributed by atoms with E-state index in [9.17, 15) is 4.79 Å². The van der Waals surface area contributed by atoms with Crippen molar-refractivity contribution in [3.63, 3.8) is 0 Å². The summed E-state index contributed by atoms with van der Waals surface area (Å²) in [5, 5.41) is 8.87.